The SMILES string of the molecule is O=C1CCCN(S(=O)(=O)C2CCCC2)c2ccccc21. The number of rotatable bonds is 2. The van der Waals surface area contributed by atoms with Crippen molar-refractivity contribution in [3.63, 3.8) is 0 Å². The highest BCUT2D eigenvalue weighted by molar-refractivity contribution is 7.93. The van der Waals surface area contributed by atoms with Gasteiger partial charge in [-0.05, 0) is 31.4 Å². The fourth-order valence-electron chi connectivity index (χ4n) is 3.20. The average molecular weight is 293 g/mol. The van der Waals surface area contributed by atoms with Gasteiger partial charge in [0, 0.05) is 18.5 Å². The Morgan fingerprint density at radius 3 is 2.50 bits per heavy atom. The fraction of sp³-hybridized carbons (Fsp3) is 0.533. The van der Waals surface area contributed by atoms with Gasteiger partial charge in [0.25, 0.3) is 0 Å². The zero-order valence-electron chi connectivity index (χ0n) is 11.4. The highest BCUT2D eigenvalue weighted by Gasteiger charge is 2.36. The van der Waals surface area contributed by atoms with E-state index in [0.717, 1.165) is 25.7 Å². The predicted octanol–water partition coefficient (Wildman–Crippen LogP) is 2.74. The fourth-order valence-corrected chi connectivity index (χ4v) is 5.30. The second-order valence-corrected chi connectivity index (χ2v) is 7.70. The van der Waals surface area contributed by atoms with Crippen molar-refractivity contribution >= 4 is 21.5 Å². The Kier molecular flexibility index (Phi) is 3.54. The third kappa shape index (κ3) is 2.24. The first kappa shape index (κ1) is 13.6. The topological polar surface area (TPSA) is 54.5 Å². The first-order chi connectivity index (χ1) is 9.60. The molecule has 1 aliphatic heterocycles. The molecule has 0 bridgehead atoms. The largest absolute Gasteiger partial charge is 0.294 e. The summed E-state index contributed by atoms with van der Waals surface area (Å²) in [6, 6.07) is 7.09. The number of nitrogens with zero attached hydrogens (tertiary/aromatic N) is 1. The molecular weight excluding hydrogens is 274 g/mol. The van der Waals surface area contributed by atoms with Crippen molar-refractivity contribution in [1.82, 2.24) is 0 Å². The lowest BCUT2D eigenvalue weighted by Gasteiger charge is -2.27. The van der Waals surface area contributed by atoms with E-state index in [2.05, 4.69) is 0 Å². The molecule has 108 valence electrons. The maximum absolute atomic E-state index is 12.8. The van der Waals surface area contributed by atoms with Crippen molar-refractivity contribution in [3.8, 4) is 0 Å². The van der Waals surface area contributed by atoms with Gasteiger partial charge >= 0.3 is 0 Å². The maximum atomic E-state index is 12.8. The Morgan fingerprint density at radius 2 is 1.75 bits per heavy atom. The molecule has 1 aromatic carbocycles. The monoisotopic (exact) mass is 293 g/mol. The lowest BCUT2D eigenvalue weighted by atomic mass is 10.1. The van der Waals surface area contributed by atoms with Crippen molar-refractivity contribution in [1.29, 1.82) is 0 Å². The van der Waals surface area contributed by atoms with Gasteiger partial charge < -0.3 is 0 Å². The summed E-state index contributed by atoms with van der Waals surface area (Å²) in [5, 5.41) is -0.274. The Hall–Kier alpha value is -1.36. The van der Waals surface area contributed by atoms with E-state index in [0.29, 0.717) is 30.6 Å². The van der Waals surface area contributed by atoms with E-state index >= 15 is 0 Å². The molecule has 0 spiro atoms. The molecule has 20 heavy (non-hydrogen) atoms. The Balaban J connectivity index is 2.05. The van der Waals surface area contributed by atoms with Crippen LogP contribution in [0.3, 0.4) is 0 Å². The first-order valence-electron chi connectivity index (χ1n) is 7.24. The third-order valence-electron chi connectivity index (χ3n) is 4.27. The number of carbonyl (C=O) groups is 1. The lowest BCUT2D eigenvalue weighted by Crippen LogP contribution is -2.38. The van der Waals surface area contributed by atoms with E-state index in [-0.39, 0.29) is 11.0 Å². The third-order valence-corrected chi connectivity index (χ3v) is 6.58. The molecule has 0 atom stereocenters. The molecule has 4 nitrogen and oxygen atoms in total. The number of fused-ring (bicyclic) bond motifs is 1. The van der Waals surface area contributed by atoms with E-state index in [1.807, 2.05) is 0 Å². The van der Waals surface area contributed by atoms with Gasteiger partial charge in [-0.25, -0.2) is 8.42 Å². The molecule has 1 saturated carbocycles. The van der Waals surface area contributed by atoms with Crippen LogP contribution in [0.2, 0.25) is 0 Å². The van der Waals surface area contributed by atoms with Crippen LogP contribution in [0.1, 0.15) is 48.9 Å². The highest BCUT2D eigenvalue weighted by atomic mass is 32.2. The van der Waals surface area contributed by atoms with Crippen molar-refractivity contribution < 1.29 is 13.2 Å². The number of Topliss-reactive ketones (excluding diaryl/α,β-unsaturated/α-hetero) is 1. The molecule has 1 aromatic rings. The molecule has 0 unspecified atom stereocenters. The van der Waals surface area contributed by atoms with Crippen LogP contribution in [0, 0.1) is 0 Å². The van der Waals surface area contributed by atoms with Gasteiger partial charge in [-0.1, -0.05) is 25.0 Å². The summed E-state index contributed by atoms with van der Waals surface area (Å²) in [6.45, 7) is 0.418. The highest BCUT2D eigenvalue weighted by Crippen LogP contribution is 2.34. The van der Waals surface area contributed by atoms with Crippen LogP contribution in [0.15, 0.2) is 24.3 Å². The van der Waals surface area contributed by atoms with Crippen LogP contribution in [-0.4, -0.2) is 26.0 Å². The molecule has 3 rings (SSSR count). The number of anilines is 1. The number of hydrogen-bond donors (Lipinski definition) is 0. The Bertz CT molecular complexity index is 618. The second kappa shape index (κ2) is 5.20. The van der Waals surface area contributed by atoms with Crippen LogP contribution < -0.4 is 4.31 Å². The minimum Gasteiger partial charge on any atom is -0.294 e. The molecule has 0 amide bonds. The van der Waals surface area contributed by atoms with Crippen LogP contribution in [0.5, 0.6) is 0 Å². The molecule has 0 radical (unpaired) electrons. The summed E-state index contributed by atoms with van der Waals surface area (Å²) < 4.78 is 27.1. The molecular formula is C15H19NO3S. The molecule has 0 aromatic heterocycles. The molecule has 1 fully saturated rings. The van der Waals surface area contributed by atoms with Gasteiger partial charge in [-0.3, -0.25) is 9.10 Å². The van der Waals surface area contributed by atoms with Gasteiger partial charge in [-0.15, -0.1) is 0 Å². The summed E-state index contributed by atoms with van der Waals surface area (Å²) in [4.78, 5) is 12.1. The van der Waals surface area contributed by atoms with Crippen LogP contribution in [0.4, 0.5) is 5.69 Å². The number of para-hydroxylation sites is 1. The second-order valence-electron chi connectivity index (χ2n) is 5.57. The predicted molar refractivity (Wildman–Crippen MR) is 78.5 cm³/mol. The van der Waals surface area contributed by atoms with Crippen molar-refractivity contribution in [2.75, 3.05) is 10.8 Å². The Labute approximate surface area is 119 Å². The number of hydrogen-bond acceptors (Lipinski definition) is 3. The number of ketones is 1. The van der Waals surface area contributed by atoms with Gasteiger partial charge in [0.1, 0.15) is 0 Å². The smallest absolute Gasteiger partial charge is 0.238 e. The minimum absolute atomic E-state index is 0.0460. The molecule has 5 heteroatoms. The molecule has 0 saturated heterocycles. The summed E-state index contributed by atoms with van der Waals surface area (Å²) in [6.07, 6.45) is 4.48. The normalized spacial score (nSPS) is 20.8. The van der Waals surface area contributed by atoms with Crippen LogP contribution in [0.25, 0.3) is 0 Å². The quantitative estimate of drug-likeness (QED) is 0.842. The average Bonchev–Trinajstić information content (AvgIpc) is 2.93. The standard InChI is InChI=1S/C15H19NO3S/c17-15-10-5-11-16(14-9-4-3-8-13(14)15)20(18,19)12-6-1-2-7-12/h3-4,8-9,12H,1-2,5-7,10-11H2. The summed E-state index contributed by atoms with van der Waals surface area (Å²) >= 11 is 0. The summed E-state index contributed by atoms with van der Waals surface area (Å²) in [5.74, 6) is 0.0460. The van der Waals surface area contributed by atoms with Crippen LogP contribution >= 0.6 is 0 Å². The van der Waals surface area contributed by atoms with Crippen molar-refractivity contribution in [2.45, 2.75) is 43.8 Å². The van der Waals surface area contributed by atoms with Crippen molar-refractivity contribution in [2.24, 2.45) is 0 Å². The first-order valence-corrected chi connectivity index (χ1v) is 8.75. The number of carbonyl (C=O) groups excluding carboxylic acids is 1. The van der Waals surface area contributed by atoms with E-state index in [4.69, 9.17) is 0 Å². The maximum Gasteiger partial charge on any atom is 0.238 e. The van der Waals surface area contributed by atoms with Gasteiger partial charge in [0.05, 0.1) is 10.9 Å². The molecule has 1 aliphatic carbocycles. The summed E-state index contributed by atoms with van der Waals surface area (Å²) in [7, 11) is -3.34. The zero-order chi connectivity index (χ0) is 14.2. The van der Waals surface area contributed by atoms with E-state index < -0.39 is 10.0 Å². The molecule has 2 aliphatic rings. The van der Waals surface area contributed by atoms with Gasteiger partial charge in [0.2, 0.25) is 10.0 Å². The zero-order valence-corrected chi connectivity index (χ0v) is 12.2. The molecule has 1 heterocycles. The molecule has 0 N–H and O–H groups in total. The Morgan fingerprint density at radius 1 is 1.05 bits per heavy atom. The lowest BCUT2D eigenvalue weighted by molar-refractivity contribution is 0.0984. The van der Waals surface area contributed by atoms with E-state index in [1.54, 1.807) is 24.3 Å². The number of benzene rings is 1. The van der Waals surface area contributed by atoms with Gasteiger partial charge in [-0.2, -0.15) is 0 Å². The van der Waals surface area contributed by atoms with E-state index in [1.165, 1.54) is 4.31 Å². The number of sulfonamides is 1. The van der Waals surface area contributed by atoms with E-state index in [9.17, 15) is 13.2 Å². The van der Waals surface area contributed by atoms with Gasteiger partial charge in [0.15, 0.2) is 5.78 Å². The van der Waals surface area contributed by atoms with Crippen LogP contribution in [-0.2, 0) is 10.0 Å². The summed E-state index contributed by atoms with van der Waals surface area (Å²) in [5.41, 5.74) is 1.12. The minimum atomic E-state index is -3.34. The van der Waals surface area contributed by atoms with Crippen molar-refractivity contribution in [3.05, 3.63) is 29.8 Å².